The average Bonchev–Trinajstić information content (AvgIpc) is 3.59. The van der Waals surface area contributed by atoms with E-state index in [0.29, 0.717) is 28.3 Å². The third kappa shape index (κ3) is 5.89. The molecule has 2 aromatic rings. The van der Waals surface area contributed by atoms with Gasteiger partial charge in [0.05, 0.1) is 22.4 Å². The van der Waals surface area contributed by atoms with Crippen molar-refractivity contribution in [2.75, 3.05) is 29.1 Å². The molecule has 1 aliphatic heterocycles. The second-order valence-corrected chi connectivity index (χ2v) is 9.47. The molecule has 1 atom stereocenters. The number of hydrogen-bond donors (Lipinski definition) is 2. The van der Waals surface area contributed by atoms with Gasteiger partial charge in [-0.05, 0) is 56.4 Å². The lowest BCUT2D eigenvalue weighted by molar-refractivity contribution is -0.125. The van der Waals surface area contributed by atoms with Crippen molar-refractivity contribution in [1.29, 1.82) is 0 Å². The molecule has 1 saturated heterocycles. The molecular formula is C22H26ClN5O2S. The second kappa shape index (κ2) is 9.87. The summed E-state index contributed by atoms with van der Waals surface area (Å²) in [6, 6.07) is 9.67. The molecule has 1 aromatic carbocycles. The van der Waals surface area contributed by atoms with E-state index in [1.807, 2.05) is 31.2 Å². The Labute approximate surface area is 191 Å². The third-order valence-electron chi connectivity index (χ3n) is 5.50. The Bertz CT molecular complexity index is 931. The Morgan fingerprint density at radius 2 is 2.03 bits per heavy atom. The molecule has 4 rings (SSSR count). The van der Waals surface area contributed by atoms with Crippen molar-refractivity contribution < 1.29 is 9.59 Å². The van der Waals surface area contributed by atoms with Crippen molar-refractivity contribution in [3.8, 4) is 0 Å². The van der Waals surface area contributed by atoms with Gasteiger partial charge < -0.3 is 15.5 Å². The van der Waals surface area contributed by atoms with Gasteiger partial charge in [-0.3, -0.25) is 9.59 Å². The number of carbonyl (C=O) groups excluding carboxylic acids is 2. The summed E-state index contributed by atoms with van der Waals surface area (Å²) in [5.41, 5.74) is 1.56. The quantitative estimate of drug-likeness (QED) is 0.614. The molecule has 0 radical (unpaired) electrons. The number of thioether (sulfide) groups is 1. The molecule has 0 unspecified atom stereocenters. The van der Waals surface area contributed by atoms with Gasteiger partial charge in [0.15, 0.2) is 5.82 Å². The van der Waals surface area contributed by atoms with Gasteiger partial charge in [0.1, 0.15) is 5.03 Å². The van der Waals surface area contributed by atoms with Gasteiger partial charge in [-0.15, -0.1) is 10.2 Å². The molecule has 9 heteroatoms. The van der Waals surface area contributed by atoms with Crippen LogP contribution in [0.15, 0.2) is 35.4 Å². The number of nitrogens with one attached hydrogen (secondary N) is 2. The maximum absolute atomic E-state index is 12.4. The topological polar surface area (TPSA) is 87.2 Å². The number of carbonyl (C=O) groups is 2. The lowest BCUT2D eigenvalue weighted by Gasteiger charge is -2.32. The third-order valence-corrected chi connectivity index (χ3v) is 6.74. The average molecular weight is 460 g/mol. The number of aryl methyl sites for hydroxylation is 1. The van der Waals surface area contributed by atoms with Crippen LogP contribution in [0.5, 0.6) is 0 Å². The standard InChI is InChI=1S/C22H26ClN5O2S/c1-14-4-2-6-17(23)21(14)25-19(29)13-31-20-10-9-18(26-27-20)28-11-3-5-15(12-28)22(30)24-16-7-8-16/h2,4,6,9-10,15-16H,3,5,7-8,11-13H2,1H3,(H,24,30)(H,25,29)/t15-/m1/s1. The zero-order valence-corrected chi connectivity index (χ0v) is 19.0. The van der Waals surface area contributed by atoms with Crippen LogP contribution in [0.2, 0.25) is 5.02 Å². The predicted octanol–water partition coefficient (Wildman–Crippen LogP) is 3.66. The van der Waals surface area contributed by atoms with Gasteiger partial charge in [-0.2, -0.15) is 0 Å². The van der Waals surface area contributed by atoms with Crippen LogP contribution >= 0.6 is 23.4 Å². The van der Waals surface area contributed by atoms with Gasteiger partial charge in [-0.1, -0.05) is 35.5 Å². The first-order valence-corrected chi connectivity index (χ1v) is 11.9. The summed E-state index contributed by atoms with van der Waals surface area (Å²) in [5.74, 6) is 0.998. The zero-order valence-electron chi connectivity index (χ0n) is 17.4. The smallest absolute Gasteiger partial charge is 0.234 e. The Morgan fingerprint density at radius 1 is 1.19 bits per heavy atom. The van der Waals surface area contributed by atoms with Crippen LogP contribution in [0.3, 0.4) is 0 Å². The van der Waals surface area contributed by atoms with Gasteiger partial charge >= 0.3 is 0 Å². The first kappa shape index (κ1) is 21.9. The summed E-state index contributed by atoms with van der Waals surface area (Å²) in [5, 5.41) is 15.8. The molecule has 2 amide bonds. The maximum atomic E-state index is 12.4. The second-order valence-electron chi connectivity index (χ2n) is 8.07. The number of anilines is 2. The van der Waals surface area contributed by atoms with E-state index in [1.54, 1.807) is 6.07 Å². The molecule has 1 aliphatic carbocycles. The molecule has 2 aliphatic rings. The van der Waals surface area contributed by atoms with E-state index in [4.69, 9.17) is 11.6 Å². The van der Waals surface area contributed by atoms with Gasteiger partial charge in [0.2, 0.25) is 11.8 Å². The summed E-state index contributed by atoms with van der Waals surface area (Å²) in [7, 11) is 0. The molecule has 1 aromatic heterocycles. The monoisotopic (exact) mass is 459 g/mol. The fraction of sp³-hybridized carbons (Fsp3) is 0.455. The summed E-state index contributed by atoms with van der Waals surface area (Å²) < 4.78 is 0. The molecule has 0 bridgehead atoms. The zero-order chi connectivity index (χ0) is 21.8. The number of hydrogen-bond acceptors (Lipinski definition) is 6. The number of piperidine rings is 1. The normalized spacial score (nSPS) is 18.5. The first-order valence-electron chi connectivity index (χ1n) is 10.6. The Morgan fingerprint density at radius 3 is 2.74 bits per heavy atom. The summed E-state index contributed by atoms with van der Waals surface area (Å²) >= 11 is 7.49. The fourth-order valence-electron chi connectivity index (χ4n) is 3.61. The van der Waals surface area contributed by atoms with Gasteiger partial charge in [0.25, 0.3) is 0 Å². The van der Waals surface area contributed by atoms with E-state index in [1.165, 1.54) is 11.8 Å². The number of nitrogens with zero attached hydrogens (tertiary/aromatic N) is 3. The predicted molar refractivity (Wildman–Crippen MR) is 124 cm³/mol. The molecular weight excluding hydrogens is 434 g/mol. The number of para-hydroxylation sites is 1. The van der Waals surface area contributed by atoms with Crippen molar-refractivity contribution in [3.63, 3.8) is 0 Å². The highest BCUT2D eigenvalue weighted by Gasteiger charge is 2.31. The van der Waals surface area contributed by atoms with Crippen molar-refractivity contribution in [2.45, 2.75) is 43.7 Å². The lowest BCUT2D eigenvalue weighted by Crippen LogP contribution is -2.44. The van der Waals surface area contributed by atoms with E-state index in [9.17, 15) is 9.59 Å². The molecule has 164 valence electrons. The van der Waals surface area contributed by atoms with Crippen LogP contribution in [0.1, 0.15) is 31.2 Å². The highest BCUT2D eigenvalue weighted by atomic mass is 35.5. The molecule has 31 heavy (non-hydrogen) atoms. The van der Waals surface area contributed by atoms with Crippen molar-refractivity contribution in [2.24, 2.45) is 5.92 Å². The number of aromatic nitrogens is 2. The molecule has 0 spiro atoms. The summed E-state index contributed by atoms with van der Waals surface area (Å²) in [4.78, 5) is 26.8. The lowest BCUT2D eigenvalue weighted by atomic mass is 9.97. The highest BCUT2D eigenvalue weighted by molar-refractivity contribution is 7.99. The molecule has 2 fully saturated rings. The van der Waals surface area contributed by atoms with Crippen LogP contribution in [-0.2, 0) is 9.59 Å². The minimum absolute atomic E-state index is 0.00200. The maximum Gasteiger partial charge on any atom is 0.234 e. The SMILES string of the molecule is Cc1cccc(Cl)c1NC(=O)CSc1ccc(N2CCC[C@@H](C(=O)NC3CC3)C2)nn1. The minimum atomic E-state index is -0.146. The Hall–Kier alpha value is -2.32. The van der Waals surface area contributed by atoms with Crippen LogP contribution in [-0.4, -0.2) is 46.9 Å². The number of halogens is 1. The van der Waals surface area contributed by atoms with E-state index in [2.05, 4.69) is 25.7 Å². The highest BCUT2D eigenvalue weighted by Crippen LogP contribution is 2.27. The summed E-state index contributed by atoms with van der Waals surface area (Å²) in [6.45, 7) is 3.44. The molecule has 1 saturated carbocycles. The van der Waals surface area contributed by atoms with Crippen molar-refractivity contribution in [3.05, 3.63) is 40.9 Å². The van der Waals surface area contributed by atoms with Gasteiger partial charge in [0, 0.05) is 19.1 Å². The van der Waals surface area contributed by atoms with Crippen molar-refractivity contribution in [1.82, 2.24) is 15.5 Å². The van der Waals surface area contributed by atoms with E-state index in [0.717, 1.165) is 43.6 Å². The minimum Gasteiger partial charge on any atom is -0.354 e. The van der Waals surface area contributed by atoms with Crippen LogP contribution < -0.4 is 15.5 Å². The molecule has 2 N–H and O–H groups in total. The first-order chi connectivity index (χ1) is 15.0. The number of benzene rings is 1. The van der Waals surface area contributed by atoms with Crippen LogP contribution in [0, 0.1) is 12.8 Å². The van der Waals surface area contributed by atoms with Crippen LogP contribution in [0.25, 0.3) is 0 Å². The van der Waals surface area contributed by atoms with E-state index >= 15 is 0 Å². The Kier molecular flexibility index (Phi) is 6.97. The van der Waals surface area contributed by atoms with Crippen molar-refractivity contribution >= 4 is 46.7 Å². The van der Waals surface area contributed by atoms with E-state index < -0.39 is 0 Å². The molecule has 7 nitrogen and oxygen atoms in total. The largest absolute Gasteiger partial charge is 0.354 e. The Balaban J connectivity index is 1.28. The number of amides is 2. The molecule has 2 heterocycles. The number of rotatable bonds is 7. The fourth-order valence-corrected chi connectivity index (χ4v) is 4.49. The van der Waals surface area contributed by atoms with Crippen LogP contribution in [0.4, 0.5) is 11.5 Å². The van der Waals surface area contributed by atoms with E-state index in [-0.39, 0.29) is 23.5 Å². The van der Waals surface area contributed by atoms with Gasteiger partial charge in [-0.25, -0.2) is 0 Å². The summed E-state index contributed by atoms with van der Waals surface area (Å²) in [6.07, 6.45) is 4.07.